The fraction of sp³-hybridized carbons (Fsp3) is 0.235. The molecule has 0 unspecified atom stereocenters. The first-order chi connectivity index (χ1) is 11.3. The number of amides is 1. The summed E-state index contributed by atoms with van der Waals surface area (Å²) in [5.74, 6) is 0.457. The van der Waals surface area contributed by atoms with Crippen LogP contribution in [0.5, 0.6) is 0 Å². The van der Waals surface area contributed by atoms with Crippen LogP contribution in [0.3, 0.4) is 0 Å². The molecule has 0 saturated carbocycles. The van der Waals surface area contributed by atoms with E-state index in [1.54, 1.807) is 36.0 Å². The summed E-state index contributed by atoms with van der Waals surface area (Å²) in [6.07, 6.45) is 1.17. The zero-order valence-corrected chi connectivity index (χ0v) is 15.5. The van der Waals surface area contributed by atoms with Gasteiger partial charge in [-0.05, 0) is 42.0 Å². The lowest BCUT2D eigenvalue weighted by atomic mass is 10.1. The second kappa shape index (κ2) is 8.55. The van der Waals surface area contributed by atoms with Crippen molar-refractivity contribution in [2.24, 2.45) is 0 Å². The third-order valence-electron chi connectivity index (χ3n) is 3.09. The van der Waals surface area contributed by atoms with Crippen LogP contribution in [0, 0.1) is 0 Å². The van der Waals surface area contributed by atoms with E-state index < -0.39 is 9.84 Å². The summed E-state index contributed by atoms with van der Waals surface area (Å²) in [5, 5.41) is 3.53. The van der Waals surface area contributed by atoms with Gasteiger partial charge in [0, 0.05) is 34.0 Å². The Labute approximate surface area is 151 Å². The molecule has 0 aromatic heterocycles. The first kappa shape index (κ1) is 18.8. The molecule has 4 nitrogen and oxygen atoms in total. The van der Waals surface area contributed by atoms with Crippen molar-refractivity contribution in [1.82, 2.24) is 5.32 Å². The van der Waals surface area contributed by atoms with E-state index in [4.69, 9.17) is 11.6 Å². The smallest absolute Gasteiger partial charge is 0.251 e. The van der Waals surface area contributed by atoms with Gasteiger partial charge in [0.1, 0.15) is 0 Å². The molecule has 128 valence electrons. The molecule has 2 rings (SSSR count). The SMILES string of the molecule is CS(=O)(=O)Cc1cccc(C(=O)NCCSc2ccc(Cl)cc2)c1. The van der Waals surface area contributed by atoms with Gasteiger partial charge in [0.15, 0.2) is 9.84 Å². The number of hydrogen-bond donors (Lipinski definition) is 1. The fourth-order valence-corrected chi connectivity index (χ4v) is 3.75. The first-order valence-electron chi connectivity index (χ1n) is 7.27. The van der Waals surface area contributed by atoms with Gasteiger partial charge < -0.3 is 5.32 Å². The summed E-state index contributed by atoms with van der Waals surface area (Å²) in [7, 11) is -3.12. The Morgan fingerprint density at radius 1 is 1.17 bits per heavy atom. The Balaban J connectivity index is 1.84. The summed E-state index contributed by atoms with van der Waals surface area (Å²) < 4.78 is 22.7. The largest absolute Gasteiger partial charge is 0.351 e. The van der Waals surface area contributed by atoms with Gasteiger partial charge in [-0.2, -0.15) is 0 Å². The predicted molar refractivity (Wildman–Crippen MR) is 99.5 cm³/mol. The molecule has 0 bridgehead atoms. The van der Waals surface area contributed by atoms with E-state index in [0.29, 0.717) is 22.7 Å². The topological polar surface area (TPSA) is 63.2 Å². The molecule has 0 aliphatic carbocycles. The second-order valence-electron chi connectivity index (χ2n) is 5.33. The van der Waals surface area contributed by atoms with E-state index in [2.05, 4.69) is 5.32 Å². The predicted octanol–water partition coefficient (Wildman–Crippen LogP) is 3.41. The molecule has 0 radical (unpaired) electrons. The number of sulfone groups is 1. The van der Waals surface area contributed by atoms with Crippen LogP contribution in [0.4, 0.5) is 0 Å². The van der Waals surface area contributed by atoms with Gasteiger partial charge in [-0.3, -0.25) is 4.79 Å². The number of nitrogens with one attached hydrogen (secondary N) is 1. The summed E-state index contributed by atoms with van der Waals surface area (Å²) in [5.41, 5.74) is 1.08. The fourth-order valence-electron chi connectivity index (χ4n) is 2.07. The van der Waals surface area contributed by atoms with Crippen molar-refractivity contribution < 1.29 is 13.2 Å². The van der Waals surface area contributed by atoms with Crippen LogP contribution >= 0.6 is 23.4 Å². The van der Waals surface area contributed by atoms with E-state index in [1.807, 2.05) is 24.3 Å². The average molecular weight is 384 g/mol. The van der Waals surface area contributed by atoms with E-state index in [-0.39, 0.29) is 11.7 Å². The Kier molecular flexibility index (Phi) is 6.71. The van der Waals surface area contributed by atoms with E-state index in [9.17, 15) is 13.2 Å². The molecule has 0 saturated heterocycles. The summed E-state index contributed by atoms with van der Waals surface area (Å²) in [6, 6.07) is 14.2. The summed E-state index contributed by atoms with van der Waals surface area (Å²) in [6.45, 7) is 0.516. The molecule has 0 heterocycles. The first-order valence-corrected chi connectivity index (χ1v) is 10.7. The highest BCUT2D eigenvalue weighted by molar-refractivity contribution is 7.99. The molecule has 0 fully saturated rings. The molecule has 0 spiro atoms. The molecular weight excluding hydrogens is 366 g/mol. The molecule has 0 aliphatic heterocycles. The second-order valence-corrected chi connectivity index (χ2v) is 9.07. The van der Waals surface area contributed by atoms with Crippen molar-refractivity contribution in [3.63, 3.8) is 0 Å². The number of benzene rings is 2. The molecule has 7 heteroatoms. The Morgan fingerprint density at radius 2 is 1.88 bits per heavy atom. The highest BCUT2D eigenvalue weighted by Gasteiger charge is 2.09. The number of thioether (sulfide) groups is 1. The zero-order chi connectivity index (χ0) is 17.6. The normalized spacial score (nSPS) is 11.2. The Hall–Kier alpha value is -1.50. The highest BCUT2D eigenvalue weighted by Crippen LogP contribution is 2.19. The minimum absolute atomic E-state index is 0.0689. The van der Waals surface area contributed by atoms with Gasteiger partial charge in [-0.1, -0.05) is 23.7 Å². The molecule has 2 aromatic rings. The van der Waals surface area contributed by atoms with Crippen LogP contribution in [0.15, 0.2) is 53.4 Å². The van der Waals surface area contributed by atoms with Crippen LogP contribution in [0.1, 0.15) is 15.9 Å². The van der Waals surface area contributed by atoms with E-state index in [0.717, 1.165) is 10.6 Å². The molecule has 1 N–H and O–H groups in total. The Bertz CT molecular complexity index is 805. The third kappa shape index (κ3) is 6.55. The van der Waals surface area contributed by atoms with Gasteiger partial charge in [0.2, 0.25) is 0 Å². The molecule has 2 aromatic carbocycles. The summed E-state index contributed by atoms with van der Waals surface area (Å²) in [4.78, 5) is 13.2. The molecule has 0 atom stereocenters. The summed E-state index contributed by atoms with van der Waals surface area (Å²) >= 11 is 7.46. The lowest BCUT2D eigenvalue weighted by molar-refractivity contribution is 0.0956. The lowest BCUT2D eigenvalue weighted by Gasteiger charge is -2.07. The van der Waals surface area contributed by atoms with Gasteiger partial charge in [0.05, 0.1) is 5.75 Å². The molecule has 1 amide bonds. The lowest BCUT2D eigenvalue weighted by Crippen LogP contribution is -2.25. The van der Waals surface area contributed by atoms with Crippen LogP contribution in [-0.4, -0.2) is 32.9 Å². The third-order valence-corrected chi connectivity index (χ3v) is 5.21. The van der Waals surface area contributed by atoms with Crippen molar-refractivity contribution >= 4 is 39.1 Å². The van der Waals surface area contributed by atoms with Gasteiger partial charge in [-0.15, -0.1) is 11.8 Å². The molecule has 0 aliphatic rings. The van der Waals surface area contributed by atoms with Crippen LogP contribution in [0.2, 0.25) is 5.02 Å². The quantitative estimate of drug-likeness (QED) is 0.587. The van der Waals surface area contributed by atoms with Gasteiger partial charge in [-0.25, -0.2) is 8.42 Å². The van der Waals surface area contributed by atoms with Crippen molar-refractivity contribution in [2.75, 3.05) is 18.6 Å². The van der Waals surface area contributed by atoms with Crippen molar-refractivity contribution in [1.29, 1.82) is 0 Å². The number of halogens is 1. The number of hydrogen-bond acceptors (Lipinski definition) is 4. The van der Waals surface area contributed by atoms with Crippen LogP contribution < -0.4 is 5.32 Å². The van der Waals surface area contributed by atoms with Gasteiger partial charge >= 0.3 is 0 Å². The maximum absolute atomic E-state index is 12.1. The van der Waals surface area contributed by atoms with Crippen molar-refractivity contribution in [3.05, 3.63) is 64.7 Å². The average Bonchev–Trinajstić information content (AvgIpc) is 2.51. The van der Waals surface area contributed by atoms with Crippen molar-refractivity contribution in [2.45, 2.75) is 10.6 Å². The maximum Gasteiger partial charge on any atom is 0.251 e. The number of carbonyl (C=O) groups excluding carboxylic acids is 1. The monoisotopic (exact) mass is 383 g/mol. The Morgan fingerprint density at radius 3 is 2.54 bits per heavy atom. The van der Waals surface area contributed by atoms with Crippen LogP contribution in [0.25, 0.3) is 0 Å². The van der Waals surface area contributed by atoms with Crippen molar-refractivity contribution in [3.8, 4) is 0 Å². The minimum Gasteiger partial charge on any atom is -0.351 e. The van der Waals surface area contributed by atoms with Crippen LogP contribution in [-0.2, 0) is 15.6 Å². The molecular formula is C17H18ClNO3S2. The molecule has 24 heavy (non-hydrogen) atoms. The number of carbonyl (C=O) groups is 1. The van der Waals surface area contributed by atoms with Gasteiger partial charge in [0.25, 0.3) is 5.91 Å². The van der Waals surface area contributed by atoms with E-state index >= 15 is 0 Å². The standard InChI is InChI=1S/C17H18ClNO3S2/c1-24(21,22)12-13-3-2-4-14(11-13)17(20)19-9-10-23-16-7-5-15(18)6-8-16/h2-8,11H,9-10,12H2,1H3,(H,19,20). The zero-order valence-electron chi connectivity index (χ0n) is 13.2. The van der Waals surface area contributed by atoms with E-state index in [1.165, 1.54) is 6.26 Å². The number of rotatable bonds is 7. The maximum atomic E-state index is 12.1. The highest BCUT2D eigenvalue weighted by atomic mass is 35.5. The minimum atomic E-state index is -3.12.